The summed E-state index contributed by atoms with van der Waals surface area (Å²) in [7, 11) is 0. The van der Waals surface area contributed by atoms with Crippen LogP contribution in [0.4, 0.5) is 31.5 Å². The summed E-state index contributed by atoms with van der Waals surface area (Å²) in [5.74, 6) is 0. The normalized spacial score (nSPS) is 11.9. The first kappa shape index (κ1) is 18.0. The van der Waals surface area contributed by atoms with Crippen LogP contribution in [0, 0.1) is 0 Å². The van der Waals surface area contributed by atoms with Crippen molar-refractivity contribution in [2.75, 3.05) is 0 Å². The molecular formula is C11H7ClF5NO4. The lowest BCUT2D eigenvalue weighted by molar-refractivity contribution is -0.323. The molecule has 0 saturated carbocycles. The zero-order valence-corrected chi connectivity index (χ0v) is 11.2. The number of imide groups is 1. The lowest BCUT2D eigenvalue weighted by atomic mass is 10.2. The lowest BCUT2D eigenvalue weighted by Crippen LogP contribution is -2.57. The van der Waals surface area contributed by atoms with Crippen LogP contribution >= 0.6 is 11.6 Å². The molecule has 1 aromatic rings. The minimum Gasteiger partial charge on any atom is -0.464 e. The number of hydrogen-bond donors (Lipinski definition) is 1. The van der Waals surface area contributed by atoms with Gasteiger partial charge in [0.1, 0.15) is 6.61 Å². The highest BCUT2D eigenvalue weighted by molar-refractivity contribution is 6.30. The zero-order valence-electron chi connectivity index (χ0n) is 10.4. The molecule has 1 N–H and O–H groups in total. The van der Waals surface area contributed by atoms with E-state index in [0.29, 0.717) is 5.02 Å². The van der Waals surface area contributed by atoms with Crippen LogP contribution in [0.2, 0.25) is 5.02 Å². The lowest BCUT2D eigenvalue weighted by Gasteiger charge is -2.27. The van der Waals surface area contributed by atoms with E-state index in [1.807, 2.05) is 0 Å². The van der Waals surface area contributed by atoms with E-state index in [-0.39, 0.29) is 5.56 Å². The van der Waals surface area contributed by atoms with Crippen molar-refractivity contribution in [3.63, 3.8) is 0 Å². The number of hydrogen-bond acceptors (Lipinski definition) is 3. The SMILES string of the molecule is O=C(O)N(C(=O)OCc1ccc(Cl)cc1)C(F)(F)C(F)(F)F. The monoisotopic (exact) mass is 347 g/mol. The minimum absolute atomic E-state index is 0.207. The van der Waals surface area contributed by atoms with E-state index in [1.54, 1.807) is 0 Å². The largest absolute Gasteiger partial charge is 0.476 e. The quantitative estimate of drug-likeness (QED) is 0.660. The number of carboxylic acid groups (broad SMARTS) is 1. The fraction of sp³-hybridized carbons (Fsp3) is 0.273. The van der Waals surface area contributed by atoms with Gasteiger partial charge >= 0.3 is 24.4 Å². The molecule has 0 heterocycles. The molecule has 22 heavy (non-hydrogen) atoms. The third kappa shape index (κ3) is 3.97. The van der Waals surface area contributed by atoms with Gasteiger partial charge in [-0.25, -0.2) is 9.59 Å². The summed E-state index contributed by atoms with van der Waals surface area (Å²) >= 11 is 5.56. The number of ether oxygens (including phenoxy) is 1. The zero-order chi connectivity index (χ0) is 17.1. The molecule has 0 aliphatic heterocycles. The van der Waals surface area contributed by atoms with Crippen molar-refractivity contribution in [1.29, 1.82) is 0 Å². The van der Waals surface area contributed by atoms with Gasteiger partial charge in [-0.05, 0) is 17.7 Å². The summed E-state index contributed by atoms with van der Waals surface area (Å²) in [4.78, 5) is 20.0. The molecule has 5 nitrogen and oxygen atoms in total. The molecule has 0 radical (unpaired) electrons. The first-order valence-electron chi connectivity index (χ1n) is 5.35. The maximum absolute atomic E-state index is 13.0. The number of amides is 2. The first-order chi connectivity index (χ1) is 9.96. The molecule has 2 amide bonds. The van der Waals surface area contributed by atoms with Crippen LogP contribution < -0.4 is 0 Å². The molecule has 0 aromatic heterocycles. The van der Waals surface area contributed by atoms with Crippen LogP contribution in [-0.2, 0) is 11.3 Å². The Balaban J connectivity index is 2.87. The fourth-order valence-corrected chi connectivity index (χ4v) is 1.36. The van der Waals surface area contributed by atoms with E-state index in [9.17, 15) is 31.5 Å². The second-order valence-corrected chi connectivity index (χ2v) is 4.27. The molecule has 1 aromatic carbocycles. The summed E-state index contributed by atoms with van der Waals surface area (Å²) in [5.41, 5.74) is 0.207. The predicted octanol–water partition coefficient (Wildman–Crippen LogP) is 4.11. The number of carbonyl (C=O) groups is 2. The topological polar surface area (TPSA) is 66.8 Å². The molecule has 0 aliphatic carbocycles. The Morgan fingerprint density at radius 3 is 2.05 bits per heavy atom. The molecule has 1 rings (SSSR count). The van der Waals surface area contributed by atoms with Gasteiger partial charge in [0.15, 0.2) is 0 Å². The Labute approximate surface area is 124 Å². The van der Waals surface area contributed by atoms with Crippen molar-refractivity contribution >= 4 is 23.8 Å². The van der Waals surface area contributed by atoms with Crippen molar-refractivity contribution < 1.29 is 41.4 Å². The van der Waals surface area contributed by atoms with Crippen LogP contribution in [0.1, 0.15) is 5.56 Å². The van der Waals surface area contributed by atoms with Crippen LogP contribution in [0.5, 0.6) is 0 Å². The molecule has 0 unspecified atom stereocenters. The van der Waals surface area contributed by atoms with Crippen molar-refractivity contribution in [1.82, 2.24) is 4.90 Å². The van der Waals surface area contributed by atoms with Gasteiger partial charge in [-0.3, -0.25) is 0 Å². The number of benzene rings is 1. The highest BCUT2D eigenvalue weighted by Gasteiger charge is 2.66. The van der Waals surface area contributed by atoms with Gasteiger partial charge in [-0.1, -0.05) is 23.7 Å². The summed E-state index contributed by atoms with van der Waals surface area (Å²) < 4.78 is 66.5. The predicted molar refractivity (Wildman–Crippen MR) is 62.5 cm³/mol. The number of rotatable bonds is 3. The Kier molecular flexibility index (Phi) is 5.17. The third-order valence-corrected chi connectivity index (χ3v) is 2.52. The van der Waals surface area contributed by atoms with E-state index >= 15 is 0 Å². The van der Waals surface area contributed by atoms with E-state index < -0.39 is 35.9 Å². The molecule has 0 bridgehead atoms. The van der Waals surface area contributed by atoms with Gasteiger partial charge in [0.2, 0.25) is 0 Å². The van der Waals surface area contributed by atoms with Crippen LogP contribution in [0.3, 0.4) is 0 Å². The Bertz CT molecular complexity index is 561. The van der Waals surface area contributed by atoms with Crippen molar-refractivity contribution in [3.05, 3.63) is 34.9 Å². The maximum atomic E-state index is 13.0. The van der Waals surface area contributed by atoms with Gasteiger partial charge in [0, 0.05) is 5.02 Å². The molecule has 0 saturated heterocycles. The summed E-state index contributed by atoms with van der Waals surface area (Å²) in [5, 5.41) is 8.71. The molecule has 11 heteroatoms. The molecular weight excluding hydrogens is 341 g/mol. The van der Waals surface area contributed by atoms with E-state index in [0.717, 1.165) is 0 Å². The summed E-state index contributed by atoms with van der Waals surface area (Å²) in [6, 6.07) is -0.602. The van der Waals surface area contributed by atoms with Gasteiger partial charge in [-0.15, -0.1) is 4.90 Å². The minimum atomic E-state index is -6.27. The highest BCUT2D eigenvalue weighted by Crippen LogP contribution is 2.38. The van der Waals surface area contributed by atoms with Crippen molar-refractivity contribution in [3.8, 4) is 0 Å². The number of nitrogens with zero attached hydrogens (tertiary/aromatic N) is 1. The van der Waals surface area contributed by atoms with Crippen LogP contribution in [-0.4, -0.2) is 34.4 Å². The molecule has 0 aliphatic rings. The summed E-state index contributed by atoms with van der Waals surface area (Å²) in [6.45, 7) is -0.715. The van der Waals surface area contributed by atoms with Crippen LogP contribution in [0.25, 0.3) is 0 Å². The van der Waals surface area contributed by atoms with Gasteiger partial charge in [-0.2, -0.15) is 22.0 Å². The van der Waals surface area contributed by atoms with Crippen LogP contribution in [0.15, 0.2) is 24.3 Å². The Morgan fingerprint density at radius 1 is 1.14 bits per heavy atom. The standard InChI is InChI=1S/C11H7ClF5NO4/c12-7-3-1-6(2-4-7)5-22-9(21)18(8(19)20)11(16,17)10(13,14)15/h1-4H,5H2,(H,19,20). The maximum Gasteiger partial charge on any atom is 0.476 e. The summed E-state index contributed by atoms with van der Waals surface area (Å²) in [6.07, 6.45) is -11.4. The van der Waals surface area contributed by atoms with E-state index in [1.165, 1.54) is 24.3 Å². The van der Waals surface area contributed by atoms with Gasteiger partial charge in [0.25, 0.3) is 0 Å². The molecule has 0 fully saturated rings. The average molecular weight is 348 g/mol. The van der Waals surface area contributed by atoms with E-state index in [4.69, 9.17) is 16.7 Å². The van der Waals surface area contributed by atoms with Gasteiger partial charge < -0.3 is 9.84 Å². The molecule has 0 atom stereocenters. The van der Waals surface area contributed by atoms with E-state index in [2.05, 4.69) is 4.74 Å². The Morgan fingerprint density at radius 2 is 1.64 bits per heavy atom. The highest BCUT2D eigenvalue weighted by atomic mass is 35.5. The Hall–Kier alpha value is -2.10. The second kappa shape index (κ2) is 6.34. The van der Waals surface area contributed by atoms with Crippen molar-refractivity contribution in [2.24, 2.45) is 0 Å². The number of alkyl halides is 5. The third-order valence-electron chi connectivity index (χ3n) is 2.27. The smallest absolute Gasteiger partial charge is 0.464 e. The number of halogens is 6. The molecule has 0 spiro atoms. The van der Waals surface area contributed by atoms with Gasteiger partial charge in [0.05, 0.1) is 0 Å². The average Bonchev–Trinajstić information content (AvgIpc) is 2.36. The fourth-order valence-electron chi connectivity index (χ4n) is 1.23. The number of carbonyl (C=O) groups excluding carboxylic acids is 1. The molecule has 122 valence electrons. The van der Waals surface area contributed by atoms with Crippen molar-refractivity contribution in [2.45, 2.75) is 18.8 Å². The first-order valence-corrected chi connectivity index (χ1v) is 5.73. The second-order valence-electron chi connectivity index (χ2n) is 3.84.